The van der Waals surface area contributed by atoms with Gasteiger partial charge in [-0.15, -0.1) is 0 Å². The Labute approximate surface area is 96.8 Å². The van der Waals surface area contributed by atoms with Gasteiger partial charge >= 0.3 is 5.97 Å². The summed E-state index contributed by atoms with van der Waals surface area (Å²) in [5.41, 5.74) is -1.47. The molecule has 0 unspecified atom stereocenters. The van der Waals surface area contributed by atoms with Crippen LogP contribution in [0.5, 0.6) is 0 Å². The number of likely N-dealkylation sites (tertiary alicyclic amines) is 1. The molecule has 0 saturated carbocycles. The average molecular weight is 230 g/mol. The molecule has 94 valence electrons. The molecule has 0 spiro atoms. The molecule has 0 aromatic carbocycles. The normalized spacial score (nSPS) is 21.8. The first kappa shape index (κ1) is 13.4. The predicted molar refractivity (Wildman–Crippen MR) is 60.6 cm³/mol. The Morgan fingerprint density at radius 2 is 1.81 bits per heavy atom. The maximum absolute atomic E-state index is 12.0. The first-order chi connectivity index (χ1) is 7.29. The zero-order chi connectivity index (χ0) is 12.4. The van der Waals surface area contributed by atoms with Crippen molar-refractivity contribution in [3.05, 3.63) is 0 Å². The molecule has 1 aliphatic rings. The van der Waals surface area contributed by atoms with Crippen LogP contribution in [0.25, 0.3) is 0 Å². The Morgan fingerprint density at radius 3 is 2.19 bits per heavy atom. The molecule has 0 radical (unpaired) electrons. The Kier molecular flexibility index (Phi) is 3.93. The van der Waals surface area contributed by atoms with Crippen LogP contribution in [-0.2, 0) is 14.4 Å². The van der Waals surface area contributed by atoms with Crippen molar-refractivity contribution in [1.29, 1.82) is 0 Å². The molecular weight excluding hydrogens is 208 g/mol. The van der Waals surface area contributed by atoms with Gasteiger partial charge in [0.25, 0.3) is 0 Å². The third-order valence-electron chi connectivity index (χ3n) is 2.79. The molecule has 0 aromatic heterocycles. The zero-order valence-corrected chi connectivity index (χ0v) is 10.6. The highest BCUT2D eigenvalue weighted by molar-refractivity contribution is 5.80. The zero-order valence-electron chi connectivity index (χ0n) is 10.6. The first-order valence-corrected chi connectivity index (χ1v) is 5.59. The Morgan fingerprint density at radius 1 is 1.31 bits per heavy atom. The quantitative estimate of drug-likeness (QED) is 0.558. The summed E-state index contributed by atoms with van der Waals surface area (Å²) in [6.45, 7) is 7.09. The number of carbonyl (C=O) groups excluding carboxylic acids is 1. The van der Waals surface area contributed by atoms with Gasteiger partial charge in [0, 0.05) is 25.9 Å². The van der Waals surface area contributed by atoms with Gasteiger partial charge in [0.05, 0.1) is 0 Å². The van der Waals surface area contributed by atoms with Gasteiger partial charge in [0.2, 0.25) is 0 Å². The lowest BCUT2D eigenvalue weighted by atomic mass is 9.91. The molecular formula is C11H22N2O3. The van der Waals surface area contributed by atoms with Gasteiger partial charge in [-0.25, -0.2) is 10.7 Å². The van der Waals surface area contributed by atoms with Crippen molar-refractivity contribution in [3.63, 3.8) is 0 Å². The average Bonchev–Trinajstić information content (AvgIpc) is 2.17. The van der Waals surface area contributed by atoms with E-state index in [0.29, 0.717) is 12.8 Å². The maximum atomic E-state index is 12.0. The van der Waals surface area contributed by atoms with Crippen LogP contribution in [0.15, 0.2) is 0 Å². The van der Waals surface area contributed by atoms with Crippen LogP contribution in [0.2, 0.25) is 0 Å². The summed E-state index contributed by atoms with van der Waals surface area (Å²) in [7, 11) is 2.01. The van der Waals surface area contributed by atoms with Crippen LogP contribution in [0.3, 0.4) is 0 Å². The fourth-order valence-corrected chi connectivity index (χ4v) is 1.72. The largest absolute Gasteiger partial charge is 0.458 e. The van der Waals surface area contributed by atoms with E-state index in [-0.39, 0.29) is 5.97 Å². The van der Waals surface area contributed by atoms with Crippen molar-refractivity contribution in [2.75, 3.05) is 20.1 Å². The van der Waals surface area contributed by atoms with E-state index < -0.39 is 11.2 Å². The number of hydrogen-bond donors (Lipinski definition) is 1. The third kappa shape index (κ3) is 3.17. The van der Waals surface area contributed by atoms with E-state index in [1.807, 2.05) is 27.8 Å². The number of nitrogens with two attached hydrogens (primary N) is 1. The number of piperidine rings is 1. The lowest BCUT2D eigenvalue weighted by Gasteiger charge is -2.38. The molecule has 1 rings (SSSR count). The minimum atomic E-state index is -0.959. The highest BCUT2D eigenvalue weighted by atomic mass is 16.7. The SMILES string of the molecule is CN1CCC(ON)(C(=O)OC(C)(C)C)CC1. The van der Waals surface area contributed by atoms with Crippen molar-refractivity contribution >= 4 is 5.97 Å². The van der Waals surface area contributed by atoms with Crippen molar-refractivity contribution < 1.29 is 14.4 Å². The van der Waals surface area contributed by atoms with Crippen LogP contribution in [0.4, 0.5) is 0 Å². The van der Waals surface area contributed by atoms with Crippen LogP contribution < -0.4 is 5.90 Å². The summed E-state index contributed by atoms with van der Waals surface area (Å²) in [4.78, 5) is 19.1. The fourth-order valence-electron chi connectivity index (χ4n) is 1.72. The molecule has 16 heavy (non-hydrogen) atoms. The highest BCUT2D eigenvalue weighted by Gasteiger charge is 2.44. The molecule has 5 nitrogen and oxygen atoms in total. The number of esters is 1. The molecule has 1 aliphatic heterocycles. The van der Waals surface area contributed by atoms with E-state index in [1.165, 1.54) is 0 Å². The highest BCUT2D eigenvalue weighted by Crippen LogP contribution is 2.27. The number of nitrogens with zero attached hydrogens (tertiary/aromatic N) is 1. The summed E-state index contributed by atoms with van der Waals surface area (Å²) in [6.07, 6.45) is 1.16. The predicted octanol–water partition coefficient (Wildman–Crippen LogP) is 0.683. The molecule has 1 fully saturated rings. The molecule has 0 aliphatic carbocycles. The van der Waals surface area contributed by atoms with E-state index in [0.717, 1.165) is 13.1 Å². The second kappa shape index (κ2) is 4.69. The van der Waals surface area contributed by atoms with Gasteiger partial charge in [-0.3, -0.25) is 4.84 Å². The van der Waals surface area contributed by atoms with E-state index in [4.69, 9.17) is 15.5 Å². The molecule has 2 N–H and O–H groups in total. The lowest BCUT2D eigenvalue weighted by molar-refractivity contribution is -0.191. The second-order valence-corrected chi connectivity index (χ2v) is 5.42. The molecule has 1 heterocycles. The number of ether oxygens (including phenoxy) is 1. The van der Waals surface area contributed by atoms with Crippen LogP contribution in [0.1, 0.15) is 33.6 Å². The summed E-state index contributed by atoms with van der Waals surface area (Å²) >= 11 is 0. The van der Waals surface area contributed by atoms with E-state index in [2.05, 4.69) is 4.90 Å². The maximum Gasteiger partial charge on any atom is 0.341 e. The number of hydrogen-bond acceptors (Lipinski definition) is 5. The molecule has 0 aromatic rings. The molecule has 0 amide bonds. The van der Waals surface area contributed by atoms with Crippen LogP contribution in [-0.4, -0.2) is 42.2 Å². The van der Waals surface area contributed by atoms with Gasteiger partial charge in [0.1, 0.15) is 5.60 Å². The molecule has 1 saturated heterocycles. The van der Waals surface area contributed by atoms with Gasteiger partial charge < -0.3 is 9.64 Å². The lowest BCUT2D eigenvalue weighted by Crippen LogP contribution is -2.53. The van der Waals surface area contributed by atoms with Crippen LogP contribution >= 0.6 is 0 Å². The summed E-state index contributed by atoms with van der Waals surface area (Å²) in [5, 5.41) is 0. The Hall–Kier alpha value is -0.650. The van der Waals surface area contributed by atoms with Gasteiger partial charge in [-0.05, 0) is 27.8 Å². The van der Waals surface area contributed by atoms with Gasteiger partial charge in [-0.1, -0.05) is 0 Å². The smallest absolute Gasteiger partial charge is 0.341 e. The van der Waals surface area contributed by atoms with Crippen LogP contribution in [0, 0.1) is 0 Å². The second-order valence-electron chi connectivity index (χ2n) is 5.42. The third-order valence-corrected chi connectivity index (χ3v) is 2.79. The first-order valence-electron chi connectivity index (χ1n) is 5.59. The Balaban J connectivity index is 2.69. The van der Waals surface area contributed by atoms with Crippen molar-refractivity contribution in [2.24, 2.45) is 5.90 Å². The minimum Gasteiger partial charge on any atom is -0.458 e. The Bertz CT molecular complexity index is 252. The summed E-state index contributed by atoms with van der Waals surface area (Å²) in [5.74, 6) is 4.93. The van der Waals surface area contributed by atoms with E-state index in [1.54, 1.807) is 0 Å². The molecule has 0 bridgehead atoms. The minimum absolute atomic E-state index is 0.351. The van der Waals surface area contributed by atoms with Crippen molar-refractivity contribution in [2.45, 2.75) is 44.8 Å². The van der Waals surface area contributed by atoms with E-state index >= 15 is 0 Å². The standard InChI is InChI=1S/C11H22N2O3/c1-10(2,3)15-9(14)11(16-12)5-7-13(4)8-6-11/h5-8,12H2,1-4H3. The summed E-state index contributed by atoms with van der Waals surface area (Å²) < 4.78 is 5.34. The van der Waals surface area contributed by atoms with Gasteiger partial charge in [0.15, 0.2) is 5.60 Å². The summed E-state index contributed by atoms with van der Waals surface area (Å²) in [6, 6.07) is 0. The topological polar surface area (TPSA) is 64.8 Å². The number of carbonyl (C=O) groups is 1. The molecule has 5 heteroatoms. The molecule has 0 atom stereocenters. The monoisotopic (exact) mass is 230 g/mol. The van der Waals surface area contributed by atoms with Crippen molar-refractivity contribution in [1.82, 2.24) is 4.90 Å². The van der Waals surface area contributed by atoms with Gasteiger partial charge in [-0.2, -0.15) is 0 Å². The van der Waals surface area contributed by atoms with Crippen molar-refractivity contribution in [3.8, 4) is 0 Å². The van der Waals surface area contributed by atoms with E-state index in [9.17, 15) is 4.79 Å². The fraction of sp³-hybridized carbons (Fsp3) is 0.909. The number of rotatable bonds is 2.